The van der Waals surface area contributed by atoms with Crippen LogP contribution in [0.2, 0.25) is 0 Å². The second-order valence-electron chi connectivity index (χ2n) is 8.27. The Kier molecular flexibility index (Phi) is 3.74. The van der Waals surface area contributed by atoms with Crippen LogP contribution in [0.25, 0.3) is 11.3 Å². The van der Waals surface area contributed by atoms with E-state index in [1.165, 1.54) is 0 Å². The van der Waals surface area contributed by atoms with Gasteiger partial charge in [-0.2, -0.15) is 0 Å². The van der Waals surface area contributed by atoms with Crippen molar-refractivity contribution in [2.75, 3.05) is 31.7 Å². The normalized spacial score (nSPS) is 21.0. The lowest BCUT2D eigenvalue weighted by Crippen LogP contribution is -2.52. The Morgan fingerprint density at radius 2 is 2.07 bits per heavy atom. The minimum atomic E-state index is -0.507. The molecule has 3 aliphatic heterocycles. The number of benzene rings is 1. The van der Waals surface area contributed by atoms with Gasteiger partial charge in [-0.25, -0.2) is 4.98 Å². The van der Waals surface area contributed by atoms with Gasteiger partial charge >= 0.3 is 0 Å². The third-order valence-electron chi connectivity index (χ3n) is 5.94. The largest absolute Gasteiger partial charge is 0.377 e. The summed E-state index contributed by atoms with van der Waals surface area (Å²) in [6.45, 7) is 6.10. The molecule has 2 aromatic rings. The predicted octanol–water partition coefficient (Wildman–Crippen LogP) is 2.74. The van der Waals surface area contributed by atoms with Crippen molar-refractivity contribution >= 4 is 17.2 Å². The highest BCUT2D eigenvalue weighted by molar-refractivity contribution is 6.08. The first kappa shape index (κ1) is 17.3. The van der Waals surface area contributed by atoms with Gasteiger partial charge in [-0.1, -0.05) is 12.1 Å². The molecule has 6 nitrogen and oxygen atoms in total. The molecule has 1 amide bonds. The molecule has 0 atom stereocenters. The fourth-order valence-electron chi connectivity index (χ4n) is 4.05. The van der Waals surface area contributed by atoms with E-state index in [0.29, 0.717) is 13.2 Å². The third-order valence-corrected chi connectivity index (χ3v) is 5.94. The average molecular weight is 376 g/mol. The molecule has 1 aromatic carbocycles. The molecule has 0 saturated carbocycles. The van der Waals surface area contributed by atoms with E-state index in [2.05, 4.69) is 53.5 Å². The molecule has 3 aliphatic rings. The maximum atomic E-state index is 13.0. The standard InChI is InChI=1S/C22H24N4O2/c1-22(2)18-5-4-16(10-20(18)26(21(22)27)17-12-28-13-17)25-11-19(23-14-25)15-6-8-24(3)9-7-15/h4-8,10-11,14,17H,9,12-13H2,1-3H3. The fourth-order valence-corrected chi connectivity index (χ4v) is 4.05. The van der Waals surface area contributed by atoms with E-state index < -0.39 is 5.41 Å². The minimum Gasteiger partial charge on any atom is -0.377 e. The summed E-state index contributed by atoms with van der Waals surface area (Å²) >= 11 is 0. The minimum absolute atomic E-state index is 0.135. The van der Waals surface area contributed by atoms with Crippen LogP contribution in [0.4, 0.5) is 5.69 Å². The number of hydrogen-bond acceptors (Lipinski definition) is 4. The second kappa shape index (κ2) is 6.07. The van der Waals surface area contributed by atoms with Gasteiger partial charge in [0.25, 0.3) is 0 Å². The molecule has 0 N–H and O–H groups in total. The number of imidazole rings is 1. The highest BCUT2D eigenvalue weighted by atomic mass is 16.5. The van der Waals surface area contributed by atoms with E-state index in [9.17, 15) is 4.79 Å². The molecule has 6 heteroatoms. The molecule has 5 rings (SSSR count). The van der Waals surface area contributed by atoms with Crippen LogP contribution >= 0.6 is 0 Å². The van der Waals surface area contributed by atoms with Crippen molar-refractivity contribution in [1.29, 1.82) is 0 Å². The molecule has 1 aromatic heterocycles. The van der Waals surface area contributed by atoms with E-state index in [1.54, 1.807) is 0 Å². The first-order chi connectivity index (χ1) is 13.4. The van der Waals surface area contributed by atoms with Crippen molar-refractivity contribution < 1.29 is 9.53 Å². The summed E-state index contributed by atoms with van der Waals surface area (Å²) in [5.41, 5.74) is 4.65. The van der Waals surface area contributed by atoms with Crippen molar-refractivity contribution in [2.45, 2.75) is 25.3 Å². The Bertz CT molecular complexity index is 1010. The van der Waals surface area contributed by atoms with Crippen molar-refractivity contribution in [2.24, 2.45) is 0 Å². The zero-order valence-electron chi connectivity index (χ0n) is 16.4. The van der Waals surface area contributed by atoms with E-state index in [4.69, 9.17) is 4.74 Å². The van der Waals surface area contributed by atoms with E-state index in [0.717, 1.165) is 34.8 Å². The Morgan fingerprint density at radius 1 is 1.25 bits per heavy atom. The SMILES string of the molecule is CN1C=CC(c2cn(-c3ccc4c(c3)N(C3COC3)C(=O)C4(C)C)cn2)=CC1. The number of likely N-dealkylation sites (N-methyl/N-ethyl adjacent to an activating group) is 1. The second-order valence-corrected chi connectivity index (χ2v) is 8.27. The molecular formula is C22H24N4O2. The van der Waals surface area contributed by atoms with Crippen LogP contribution in [-0.4, -0.2) is 53.2 Å². The molecular weight excluding hydrogens is 352 g/mol. The van der Waals surface area contributed by atoms with Gasteiger partial charge in [-0.15, -0.1) is 0 Å². The summed E-state index contributed by atoms with van der Waals surface area (Å²) in [4.78, 5) is 21.7. The van der Waals surface area contributed by atoms with Gasteiger partial charge < -0.3 is 19.1 Å². The summed E-state index contributed by atoms with van der Waals surface area (Å²) in [6.07, 6.45) is 10.2. The zero-order chi connectivity index (χ0) is 19.5. The summed E-state index contributed by atoms with van der Waals surface area (Å²) in [6, 6.07) is 6.39. The third kappa shape index (κ3) is 2.52. The van der Waals surface area contributed by atoms with Crippen LogP contribution in [0.5, 0.6) is 0 Å². The Labute approximate surface area is 164 Å². The van der Waals surface area contributed by atoms with Crippen LogP contribution in [0.1, 0.15) is 25.1 Å². The molecule has 0 radical (unpaired) electrons. The predicted molar refractivity (Wildman–Crippen MR) is 108 cm³/mol. The first-order valence-corrected chi connectivity index (χ1v) is 9.64. The van der Waals surface area contributed by atoms with Gasteiger partial charge in [0, 0.05) is 31.0 Å². The average Bonchev–Trinajstić information content (AvgIpc) is 3.20. The smallest absolute Gasteiger partial charge is 0.237 e. The van der Waals surface area contributed by atoms with Crippen molar-refractivity contribution in [1.82, 2.24) is 14.5 Å². The first-order valence-electron chi connectivity index (χ1n) is 9.64. The Hall–Kier alpha value is -2.86. The molecule has 1 fully saturated rings. The summed E-state index contributed by atoms with van der Waals surface area (Å²) in [7, 11) is 2.05. The van der Waals surface area contributed by atoms with Gasteiger partial charge in [-0.3, -0.25) is 4.79 Å². The van der Waals surface area contributed by atoms with E-state index >= 15 is 0 Å². The Balaban J connectivity index is 1.51. The van der Waals surface area contributed by atoms with Crippen molar-refractivity contribution in [3.05, 3.63) is 60.3 Å². The molecule has 0 aliphatic carbocycles. The van der Waals surface area contributed by atoms with Gasteiger partial charge in [0.05, 0.1) is 42.4 Å². The molecule has 0 unspecified atom stereocenters. The highest BCUT2D eigenvalue weighted by Crippen LogP contribution is 2.44. The lowest BCUT2D eigenvalue weighted by atomic mass is 9.86. The van der Waals surface area contributed by atoms with Crippen LogP contribution in [-0.2, 0) is 14.9 Å². The molecule has 1 saturated heterocycles. The van der Waals surface area contributed by atoms with Gasteiger partial charge in [-0.05, 0) is 43.8 Å². The number of ether oxygens (including phenoxy) is 1. The molecule has 28 heavy (non-hydrogen) atoms. The number of aromatic nitrogens is 2. The van der Waals surface area contributed by atoms with Crippen LogP contribution in [0.3, 0.4) is 0 Å². The number of rotatable bonds is 3. The number of hydrogen-bond donors (Lipinski definition) is 0. The highest BCUT2D eigenvalue weighted by Gasteiger charge is 2.48. The molecule has 144 valence electrons. The number of nitrogens with zero attached hydrogens (tertiary/aromatic N) is 4. The fraction of sp³-hybridized carbons (Fsp3) is 0.364. The van der Waals surface area contributed by atoms with Crippen LogP contribution in [0, 0.1) is 0 Å². The van der Waals surface area contributed by atoms with Crippen LogP contribution in [0.15, 0.2) is 49.1 Å². The topological polar surface area (TPSA) is 50.6 Å². The number of carbonyl (C=O) groups is 1. The van der Waals surface area contributed by atoms with Gasteiger partial charge in [0.15, 0.2) is 0 Å². The number of amides is 1. The quantitative estimate of drug-likeness (QED) is 0.827. The zero-order valence-corrected chi connectivity index (χ0v) is 16.4. The molecule has 0 spiro atoms. The number of anilines is 1. The lowest BCUT2D eigenvalue weighted by Gasteiger charge is -2.35. The van der Waals surface area contributed by atoms with Crippen molar-refractivity contribution in [3.63, 3.8) is 0 Å². The monoisotopic (exact) mass is 376 g/mol. The number of carbonyl (C=O) groups excluding carboxylic acids is 1. The van der Waals surface area contributed by atoms with Crippen LogP contribution < -0.4 is 4.90 Å². The summed E-state index contributed by atoms with van der Waals surface area (Å²) in [5, 5.41) is 0. The summed E-state index contributed by atoms with van der Waals surface area (Å²) < 4.78 is 7.37. The van der Waals surface area contributed by atoms with Crippen molar-refractivity contribution in [3.8, 4) is 5.69 Å². The molecule has 4 heterocycles. The lowest BCUT2D eigenvalue weighted by molar-refractivity contribution is -0.124. The number of fused-ring (bicyclic) bond motifs is 1. The number of allylic oxidation sites excluding steroid dienone is 2. The molecule has 0 bridgehead atoms. The van der Waals surface area contributed by atoms with Gasteiger partial charge in [0.1, 0.15) is 0 Å². The maximum absolute atomic E-state index is 13.0. The van der Waals surface area contributed by atoms with E-state index in [1.807, 2.05) is 35.8 Å². The summed E-state index contributed by atoms with van der Waals surface area (Å²) in [5.74, 6) is 0.154. The van der Waals surface area contributed by atoms with E-state index in [-0.39, 0.29) is 11.9 Å². The Morgan fingerprint density at radius 3 is 2.75 bits per heavy atom. The maximum Gasteiger partial charge on any atom is 0.237 e. The van der Waals surface area contributed by atoms with Gasteiger partial charge in [0.2, 0.25) is 5.91 Å².